The molecule has 2 aromatic carbocycles. The molecule has 0 saturated carbocycles. The van der Waals surface area contributed by atoms with E-state index in [1.54, 1.807) is 0 Å². The molecule has 3 rings (SSSR count). The first-order chi connectivity index (χ1) is 10.3. The Balaban J connectivity index is 1.99. The van der Waals surface area contributed by atoms with Crippen molar-refractivity contribution in [1.29, 1.82) is 0 Å². The number of carbonyl (C=O) groups excluding carboxylic acids is 1. The molecule has 0 spiro atoms. The van der Waals surface area contributed by atoms with Gasteiger partial charge in [0.1, 0.15) is 23.9 Å². The van der Waals surface area contributed by atoms with Crippen LogP contribution in [0, 0.1) is 5.82 Å². The Kier molecular flexibility index (Phi) is 3.60. The van der Waals surface area contributed by atoms with Crippen LogP contribution in [0.4, 0.5) is 4.39 Å². The van der Waals surface area contributed by atoms with Crippen LogP contribution in [0.3, 0.4) is 0 Å². The molecule has 0 N–H and O–H groups in total. The van der Waals surface area contributed by atoms with Crippen molar-refractivity contribution in [2.24, 2.45) is 0 Å². The van der Waals surface area contributed by atoms with E-state index in [0.717, 1.165) is 5.56 Å². The number of halogens is 1. The van der Waals surface area contributed by atoms with Crippen molar-refractivity contribution >= 4 is 17.2 Å². The summed E-state index contributed by atoms with van der Waals surface area (Å²) in [6.07, 6.45) is 0.651. The lowest BCUT2D eigenvalue weighted by Gasteiger charge is -2.10. The van der Waals surface area contributed by atoms with Gasteiger partial charge >= 0.3 is 0 Å². The molecular formula is C17H12FNO2. The van der Waals surface area contributed by atoms with Crippen molar-refractivity contribution < 1.29 is 13.9 Å². The van der Waals surface area contributed by atoms with Crippen molar-refractivity contribution in [3.63, 3.8) is 0 Å². The molecule has 0 aliphatic carbocycles. The van der Waals surface area contributed by atoms with Crippen LogP contribution in [0.1, 0.15) is 16.1 Å². The number of pyridine rings is 1. The van der Waals surface area contributed by atoms with E-state index in [9.17, 15) is 9.18 Å². The third kappa shape index (κ3) is 2.89. The third-order valence-corrected chi connectivity index (χ3v) is 3.11. The highest BCUT2D eigenvalue weighted by Crippen LogP contribution is 2.26. The topological polar surface area (TPSA) is 39.2 Å². The monoisotopic (exact) mass is 281 g/mol. The Morgan fingerprint density at radius 2 is 1.90 bits per heavy atom. The van der Waals surface area contributed by atoms with Gasteiger partial charge in [0.25, 0.3) is 0 Å². The molecule has 0 aliphatic heterocycles. The molecule has 4 heteroatoms. The highest BCUT2D eigenvalue weighted by atomic mass is 19.1. The Morgan fingerprint density at radius 1 is 1.10 bits per heavy atom. The van der Waals surface area contributed by atoms with Crippen LogP contribution in [0.15, 0.2) is 54.6 Å². The van der Waals surface area contributed by atoms with E-state index in [4.69, 9.17) is 4.74 Å². The van der Waals surface area contributed by atoms with Crippen molar-refractivity contribution in [2.75, 3.05) is 0 Å². The Hall–Kier alpha value is -2.75. The van der Waals surface area contributed by atoms with Crippen molar-refractivity contribution in [1.82, 2.24) is 4.98 Å². The summed E-state index contributed by atoms with van der Waals surface area (Å²) < 4.78 is 19.1. The van der Waals surface area contributed by atoms with Gasteiger partial charge in [0.2, 0.25) is 0 Å². The first kappa shape index (κ1) is 13.2. The fourth-order valence-corrected chi connectivity index (χ4v) is 2.10. The van der Waals surface area contributed by atoms with Gasteiger partial charge in [0, 0.05) is 11.5 Å². The highest BCUT2D eigenvalue weighted by Gasteiger charge is 2.08. The Bertz CT molecular complexity index is 787. The van der Waals surface area contributed by atoms with Crippen LogP contribution in [-0.4, -0.2) is 11.3 Å². The average molecular weight is 281 g/mol. The maximum Gasteiger partial charge on any atom is 0.168 e. The van der Waals surface area contributed by atoms with Gasteiger partial charge in [-0.15, -0.1) is 0 Å². The fourth-order valence-electron chi connectivity index (χ4n) is 2.10. The zero-order valence-corrected chi connectivity index (χ0v) is 11.1. The summed E-state index contributed by atoms with van der Waals surface area (Å²) in [6, 6.07) is 15.4. The second kappa shape index (κ2) is 5.71. The standard InChI is InChI=1S/C17H12FNO2/c18-13-6-7-16-15(8-13)17(9-14(10-20)19-16)21-11-12-4-2-1-3-5-12/h1-10H,11H2. The van der Waals surface area contributed by atoms with Crippen LogP contribution in [0.5, 0.6) is 5.75 Å². The van der Waals surface area contributed by atoms with E-state index in [1.807, 2.05) is 30.3 Å². The summed E-state index contributed by atoms with van der Waals surface area (Å²) >= 11 is 0. The molecule has 0 aliphatic rings. The minimum Gasteiger partial charge on any atom is -0.488 e. The minimum absolute atomic E-state index is 0.261. The highest BCUT2D eigenvalue weighted by molar-refractivity contribution is 5.89. The summed E-state index contributed by atoms with van der Waals surface area (Å²) in [5.41, 5.74) is 1.78. The molecule has 1 heterocycles. The maximum atomic E-state index is 13.4. The number of ether oxygens (including phenoxy) is 1. The molecule has 3 aromatic rings. The van der Waals surface area contributed by atoms with E-state index in [-0.39, 0.29) is 11.5 Å². The molecule has 0 saturated heterocycles. The number of hydrogen-bond donors (Lipinski definition) is 0. The average Bonchev–Trinajstić information content (AvgIpc) is 2.53. The first-order valence-electron chi connectivity index (χ1n) is 6.48. The molecular weight excluding hydrogens is 269 g/mol. The zero-order chi connectivity index (χ0) is 14.7. The first-order valence-corrected chi connectivity index (χ1v) is 6.48. The van der Waals surface area contributed by atoms with Gasteiger partial charge in [-0.1, -0.05) is 30.3 Å². The number of rotatable bonds is 4. The van der Waals surface area contributed by atoms with Crippen molar-refractivity contribution in [3.05, 3.63) is 71.7 Å². The van der Waals surface area contributed by atoms with Crippen LogP contribution in [0.25, 0.3) is 10.9 Å². The maximum absolute atomic E-state index is 13.4. The molecule has 0 fully saturated rings. The van der Waals surface area contributed by atoms with E-state index >= 15 is 0 Å². The van der Waals surface area contributed by atoms with Gasteiger partial charge in [-0.3, -0.25) is 4.79 Å². The summed E-state index contributed by atoms with van der Waals surface area (Å²) in [4.78, 5) is 15.1. The Labute approximate surface area is 121 Å². The van der Waals surface area contributed by atoms with Gasteiger partial charge in [-0.2, -0.15) is 0 Å². The van der Waals surface area contributed by atoms with Crippen LogP contribution < -0.4 is 4.74 Å². The second-order valence-electron chi connectivity index (χ2n) is 4.60. The van der Waals surface area contributed by atoms with Crippen LogP contribution in [0.2, 0.25) is 0 Å². The molecule has 104 valence electrons. The van der Waals surface area contributed by atoms with Gasteiger partial charge < -0.3 is 4.74 Å². The van der Waals surface area contributed by atoms with Crippen LogP contribution >= 0.6 is 0 Å². The second-order valence-corrected chi connectivity index (χ2v) is 4.60. The quantitative estimate of drug-likeness (QED) is 0.683. The molecule has 0 unspecified atom stereocenters. The predicted molar refractivity (Wildman–Crippen MR) is 77.9 cm³/mol. The molecule has 0 bridgehead atoms. The van der Waals surface area contributed by atoms with Gasteiger partial charge in [0.15, 0.2) is 6.29 Å². The number of hydrogen-bond acceptors (Lipinski definition) is 3. The summed E-state index contributed by atoms with van der Waals surface area (Å²) in [5, 5.41) is 0.552. The normalized spacial score (nSPS) is 10.5. The molecule has 0 radical (unpaired) electrons. The molecule has 21 heavy (non-hydrogen) atoms. The molecule has 3 nitrogen and oxygen atoms in total. The van der Waals surface area contributed by atoms with Crippen LogP contribution in [-0.2, 0) is 6.61 Å². The number of benzene rings is 2. The van der Waals surface area contributed by atoms with Gasteiger partial charge in [-0.25, -0.2) is 9.37 Å². The largest absolute Gasteiger partial charge is 0.488 e. The smallest absolute Gasteiger partial charge is 0.168 e. The van der Waals surface area contributed by atoms with E-state index in [1.165, 1.54) is 24.3 Å². The predicted octanol–water partition coefficient (Wildman–Crippen LogP) is 3.77. The summed E-state index contributed by atoms with van der Waals surface area (Å²) in [7, 11) is 0. The Morgan fingerprint density at radius 3 is 2.67 bits per heavy atom. The fraction of sp³-hybridized carbons (Fsp3) is 0.0588. The van der Waals surface area contributed by atoms with Crippen molar-refractivity contribution in [3.8, 4) is 5.75 Å². The third-order valence-electron chi connectivity index (χ3n) is 3.11. The van der Waals surface area contributed by atoms with E-state index in [0.29, 0.717) is 29.5 Å². The van der Waals surface area contributed by atoms with Crippen molar-refractivity contribution in [2.45, 2.75) is 6.61 Å². The van der Waals surface area contributed by atoms with Gasteiger partial charge in [-0.05, 0) is 23.8 Å². The number of carbonyl (C=O) groups is 1. The molecule has 0 amide bonds. The van der Waals surface area contributed by atoms with Gasteiger partial charge in [0.05, 0.1) is 5.52 Å². The molecule has 0 atom stereocenters. The number of nitrogens with zero attached hydrogens (tertiary/aromatic N) is 1. The number of aldehydes is 1. The lowest BCUT2D eigenvalue weighted by Crippen LogP contribution is -1.98. The minimum atomic E-state index is -0.368. The summed E-state index contributed by atoms with van der Waals surface area (Å²) in [5.74, 6) is 0.0816. The SMILES string of the molecule is O=Cc1cc(OCc2ccccc2)c2cc(F)ccc2n1. The zero-order valence-electron chi connectivity index (χ0n) is 11.1. The summed E-state index contributed by atoms with van der Waals surface area (Å²) in [6.45, 7) is 0.342. The number of fused-ring (bicyclic) bond motifs is 1. The van der Waals surface area contributed by atoms with E-state index < -0.39 is 0 Å². The lowest BCUT2D eigenvalue weighted by atomic mass is 10.1. The number of aromatic nitrogens is 1. The molecule has 1 aromatic heterocycles. The van der Waals surface area contributed by atoms with E-state index in [2.05, 4.69) is 4.98 Å². The lowest BCUT2D eigenvalue weighted by molar-refractivity contribution is 0.111.